The SMILES string of the molecule is [CH3][Zr]1([CH3])[C]2=Cc3cc(cc(Br)c3C2c2ccccc2)Sc2ccc(Br)c3c2C=[C]1C3c1ccccc1. The van der Waals surface area contributed by atoms with Crippen LogP contribution in [0.15, 0.2) is 110 Å². The molecule has 0 spiro atoms. The number of hydrogen-bond acceptors (Lipinski definition) is 1. The predicted octanol–water partition coefficient (Wildman–Crippen LogP) is 10.6. The molecule has 3 aliphatic rings. The van der Waals surface area contributed by atoms with Crippen LogP contribution in [0.5, 0.6) is 0 Å². The van der Waals surface area contributed by atoms with E-state index in [-0.39, 0.29) is 0 Å². The topological polar surface area (TPSA) is 0 Å². The zero-order valence-corrected chi connectivity index (χ0v) is 26.5. The fourth-order valence-corrected chi connectivity index (χ4v) is 17.2. The van der Waals surface area contributed by atoms with E-state index in [2.05, 4.69) is 138 Å². The average Bonchev–Trinajstić information content (AvgIpc) is 3.48. The van der Waals surface area contributed by atoms with Crippen LogP contribution < -0.4 is 0 Å². The van der Waals surface area contributed by atoms with E-state index in [4.69, 9.17) is 0 Å². The van der Waals surface area contributed by atoms with Crippen LogP contribution in [0.2, 0.25) is 9.26 Å². The first-order chi connectivity index (χ1) is 17.4. The summed E-state index contributed by atoms with van der Waals surface area (Å²) in [6.07, 6.45) is 5.17. The quantitative estimate of drug-likeness (QED) is 0.202. The van der Waals surface area contributed by atoms with Crippen LogP contribution >= 0.6 is 43.6 Å². The molecule has 4 aromatic rings. The molecule has 0 fully saturated rings. The van der Waals surface area contributed by atoms with Gasteiger partial charge < -0.3 is 0 Å². The molecule has 0 saturated carbocycles. The molecule has 4 aromatic carbocycles. The van der Waals surface area contributed by atoms with Gasteiger partial charge in [0, 0.05) is 0 Å². The Labute approximate surface area is 238 Å². The van der Waals surface area contributed by atoms with Crippen molar-refractivity contribution in [3.63, 3.8) is 0 Å². The summed E-state index contributed by atoms with van der Waals surface area (Å²) in [5.41, 5.74) is 8.48. The molecule has 5 bridgehead atoms. The molecule has 2 aliphatic carbocycles. The maximum absolute atomic E-state index is 4.02. The van der Waals surface area contributed by atoms with Crippen molar-refractivity contribution in [3.8, 4) is 0 Å². The molecule has 0 amide bonds. The molecule has 0 saturated heterocycles. The van der Waals surface area contributed by atoms with E-state index in [0.717, 1.165) is 0 Å². The number of halogens is 2. The molecule has 0 radical (unpaired) electrons. The summed E-state index contributed by atoms with van der Waals surface area (Å²) in [5, 5.41) is 0. The van der Waals surface area contributed by atoms with Crippen molar-refractivity contribution in [3.05, 3.63) is 134 Å². The Morgan fingerprint density at radius 3 is 1.94 bits per heavy atom. The third kappa shape index (κ3) is 3.55. The van der Waals surface area contributed by atoms with Gasteiger partial charge in [-0.2, -0.15) is 0 Å². The summed E-state index contributed by atoms with van der Waals surface area (Å²) in [7, 11) is 0. The van der Waals surface area contributed by atoms with Gasteiger partial charge in [-0.15, -0.1) is 0 Å². The van der Waals surface area contributed by atoms with Gasteiger partial charge in [-0.3, -0.25) is 0 Å². The summed E-state index contributed by atoms with van der Waals surface area (Å²) in [4.78, 5) is 2.64. The van der Waals surface area contributed by atoms with E-state index in [1.165, 1.54) is 52.1 Å². The second-order valence-electron chi connectivity index (χ2n) is 10.4. The Bertz CT molecular complexity index is 1600. The maximum atomic E-state index is 4.02. The van der Waals surface area contributed by atoms with Gasteiger partial charge in [0.1, 0.15) is 0 Å². The zero-order valence-electron chi connectivity index (χ0n) is 20.1. The van der Waals surface area contributed by atoms with Crippen molar-refractivity contribution in [2.24, 2.45) is 0 Å². The normalized spacial score (nSPS) is 20.7. The Kier molecular flexibility index (Phi) is 5.78. The standard InChI is InChI=1S/C30H18Br2S.2CH3.Zr/c31-26-15-16-28(25-14-13-24(30(25)26)20-9-5-2-6-10-20)33-22-17-21-11-12-23(29(21)27(32)18-22)19-7-3-1-4-8-19;;;/h1-11,14-18,23-24H;2*1H3;. The molecule has 2 atom stereocenters. The molecule has 1 heterocycles. The number of rotatable bonds is 2. The monoisotopic (exact) mass is 688 g/mol. The van der Waals surface area contributed by atoms with Crippen LogP contribution in [-0.2, 0) is 20.3 Å². The van der Waals surface area contributed by atoms with Gasteiger partial charge in [0.25, 0.3) is 0 Å². The third-order valence-electron chi connectivity index (χ3n) is 8.08. The van der Waals surface area contributed by atoms with E-state index in [1.807, 2.05) is 11.8 Å². The van der Waals surface area contributed by atoms with Crippen molar-refractivity contribution in [2.75, 3.05) is 0 Å². The van der Waals surface area contributed by atoms with E-state index >= 15 is 0 Å². The van der Waals surface area contributed by atoms with Gasteiger partial charge >= 0.3 is 241 Å². The number of benzene rings is 4. The summed E-state index contributed by atoms with van der Waals surface area (Å²) < 4.78 is 11.1. The molecule has 0 aromatic heterocycles. The van der Waals surface area contributed by atoms with Crippen molar-refractivity contribution in [1.29, 1.82) is 0 Å². The summed E-state index contributed by atoms with van der Waals surface area (Å²) in [6, 6.07) is 31.6. The first kappa shape index (κ1) is 23.7. The van der Waals surface area contributed by atoms with E-state index < -0.39 is 20.3 Å². The molecular weight excluding hydrogens is 667 g/mol. The van der Waals surface area contributed by atoms with Crippen LogP contribution in [-0.4, -0.2) is 0 Å². The average molecular weight is 692 g/mol. The summed E-state index contributed by atoms with van der Waals surface area (Å²) >= 11 is 6.81. The Morgan fingerprint density at radius 2 is 1.28 bits per heavy atom. The second kappa shape index (κ2) is 8.80. The van der Waals surface area contributed by atoms with Crippen LogP contribution in [0, 0.1) is 0 Å². The fourth-order valence-electron chi connectivity index (χ4n) is 6.38. The van der Waals surface area contributed by atoms with E-state index in [0.29, 0.717) is 11.8 Å². The second-order valence-corrected chi connectivity index (χ2v) is 24.0. The molecule has 4 heteroatoms. The van der Waals surface area contributed by atoms with Crippen molar-refractivity contribution >= 4 is 55.8 Å². The molecule has 2 unspecified atom stereocenters. The molecule has 0 nitrogen and oxygen atoms in total. The zero-order chi connectivity index (χ0) is 24.6. The number of allylic oxidation sites excluding steroid dienone is 2. The van der Waals surface area contributed by atoms with Crippen molar-refractivity contribution < 1.29 is 20.3 Å². The molecule has 1 aliphatic heterocycles. The molecule has 7 rings (SSSR count). The summed E-state index contributed by atoms with van der Waals surface area (Å²) in [5.74, 6) is 0.611. The minimum atomic E-state index is -3.09. The minimum absolute atomic E-state index is 0.302. The fraction of sp³-hybridized carbons (Fsp3) is 0.125. The first-order valence-corrected chi connectivity index (χ1v) is 22.1. The number of fused-ring (bicyclic) bond motifs is 1. The van der Waals surface area contributed by atoms with Gasteiger partial charge in [0.15, 0.2) is 0 Å². The van der Waals surface area contributed by atoms with Crippen LogP contribution in [0.3, 0.4) is 0 Å². The van der Waals surface area contributed by atoms with Crippen molar-refractivity contribution in [2.45, 2.75) is 30.9 Å². The summed E-state index contributed by atoms with van der Waals surface area (Å²) in [6.45, 7) is 0. The van der Waals surface area contributed by atoms with Gasteiger partial charge in [-0.05, 0) is 0 Å². The van der Waals surface area contributed by atoms with Crippen LogP contribution in [0.4, 0.5) is 0 Å². The molecule has 0 N–H and O–H groups in total. The van der Waals surface area contributed by atoms with Gasteiger partial charge in [-0.1, -0.05) is 0 Å². The Hall–Kier alpha value is -1.45. The van der Waals surface area contributed by atoms with Crippen LogP contribution in [0.25, 0.3) is 12.2 Å². The number of hydrogen-bond donors (Lipinski definition) is 0. The molecule has 36 heavy (non-hydrogen) atoms. The molecule has 176 valence electrons. The van der Waals surface area contributed by atoms with E-state index in [1.54, 1.807) is 6.56 Å². The van der Waals surface area contributed by atoms with Gasteiger partial charge in [-0.25, -0.2) is 0 Å². The Morgan fingerprint density at radius 1 is 0.667 bits per heavy atom. The molecular formula is C32H24Br2SZr. The van der Waals surface area contributed by atoms with Gasteiger partial charge in [0.2, 0.25) is 0 Å². The third-order valence-corrected chi connectivity index (χ3v) is 19.7. The predicted molar refractivity (Wildman–Crippen MR) is 157 cm³/mol. The van der Waals surface area contributed by atoms with E-state index in [9.17, 15) is 0 Å². The van der Waals surface area contributed by atoms with Crippen LogP contribution in [0.1, 0.15) is 45.2 Å². The van der Waals surface area contributed by atoms with Gasteiger partial charge in [0.05, 0.1) is 0 Å². The Balaban J connectivity index is 1.54. The van der Waals surface area contributed by atoms with Crippen molar-refractivity contribution in [1.82, 2.24) is 0 Å². The first-order valence-electron chi connectivity index (χ1n) is 12.3.